The van der Waals surface area contributed by atoms with Crippen molar-refractivity contribution < 1.29 is 0 Å². The van der Waals surface area contributed by atoms with Crippen LogP contribution >= 0.6 is 0 Å². The van der Waals surface area contributed by atoms with Crippen molar-refractivity contribution in [3.05, 3.63) is 0 Å². The van der Waals surface area contributed by atoms with Crippen LogP contribution in [0.4, 0.5) is 0 Å². The van der Waals surface area contributed by atoms with Crippen molar-refractivity contribution in [1.29, 1.82) is 0 Å². The summed E-state index contributed by atoms with van der Waals surface area (Å²) in [5.74, 6) is 0.803. The van der Waals surface area contributed by atoms with Crippen molar-refractivity contribution in [2.24, 2.45) is 11.3 Å². The van der Waals surface area contributed by atoms with E-state index in [4.69, 9.17) is 0 Å². The zero-order valence-electron chi connectivity index (χ0n) is 10.3. The van der Waals surface area contributed by atoms with E-state index in [0.29, 0.717) is 5.41 Å². The molecule has 0 aromatic rings. The summed E-state index contributed by atoms with van der Waals surface area (Å²) >= 11 is 0. The standard InChI is InChI=1S/C12H26N2/c1-11-9-13-6-8-14(10-11)7-5-12(2,3)4/h11,13H,5-10H2,1-4H3. The molecular formula is C12H26N2. The summed E-state index contributed by atoms with van der Waals surface area (Å²) in [5.41, 5.74) is 0.475. The molecule has 0 spiro atoms. The molecule has 1 atom stereocenters. The van der Waals surface area contributed by atoms with Crippen LogP contribution in [-0.2, 0) is 0 Å². The van der Waals surface area contributed by atoms with Crippen LogP contribution < -0.4 is 5.32 Å². The third kappa shape index (κ3) is 4.97. The molecule has 14 heavy (non-hydrogen) atoms. The largest absolute Gasteiger partial charge is 0.315 e. The Labute approximate surface area is 89.1 Å². The van der Waals surface area contributed by atoms with Gasteiger partial charge in [0.05, 0.1) is 0 Å². The molecule has 0 aromatic carbocycles. The van der Waals surface area contributed by atoms with Crippen LogP contribution in [0.3, 0.4) is 0 Å². The summed E-state index contributed by atoms with van der Waals surface area (Å²) in [6.45, 7) is 15.4. The quantitative estimate of drug-likeness (QED) is 0.730. The van der Waals surface area contributed by atoms with E-state index in [2.05, 4.69) is 37.9 Å². The average molecular weight is 198 g/mol. The van der Waals surface area contributed by atoms with Crippen molar-refractivity contribution in [2.75, 3.05) is 32.7 Å². The van der Waals surface area contributed by atoms with Gasteiger partial charge < -0.3 is 10.2 Å². The molecule has 1 rings (SSSR count). The Morgan fingerprint density at radius 1 is 1.36 bits per heavy atom. The SMILES string of the molecule is CC1CNCCN(CCC(C)(C)C)C1. The van der Waals surface area contributed by atoms with Gasteiger partial charge in [0.15, 0.2) is 0 Å². The molecule has 1 aliphatic heterocycles. The fourth-order valence-corrected chi connectivity index (χ4v) is 1.88. The molecular weight excluding hydrogens is 172 g/mol. The molecule has 0 aliphatic carbocycles. The highest BCUT2D eigenvalue weighted by atomic mass is 15.2. The van der Waals surface area contributed by atoms with Gasteiger partial charge in [0, 0.05) is 19.6 Å². The van der Waals surface area contributed by atoms with Gasteiger partial charge in [-0.1, -0.05) is 27.7 Å². The number of hydrogen-bond acceptors (Lipinski definition) is 2. The van der Waals surface area contributed by atoms with Gasteiger partial charge in [-0.25, -0.2) is 0 Å². The predicted molar refractivity (Wildman–Crippen MR) is 62.5 cm³/mol. The van der Waals surface area contributed by atoms with Gasteiger partial charge in [-0.2, -0.15) is 0 Å². The van der Waals surface area contributed by atoms with Crippen LogP contribution in [-0.4, -0.2) is 37.6 Å². The van der Waals surface area contributed by atoms with Crippen molar-refractivity contribution in [3.8, 4) is 0 Å². The van der Waals surface area contributed by atoms with Crippen molar-refractivity contribution in [2.45, 2.75) is 34.1 Å². The summed E-state index contributed by atoms with van der Waals surface area (Å²) < 4.78 is 0. The number of nitrogens with one attached hydrogen (secondary N) is 1. The Morgan fingerprint density at radius 3 is 2.71 bits per heavy atom. The van der Waals surface area contributed by atoms with Gasteiger partial charge in [0.2, 0.25) is 0 Å². The summed E-state index contributed by atoms with van der Waals surface area (Å²) in [5, 5.41) is 3.48. The van der Waals surface area contributed by atoms with Gasteiger partial charge >= 0.3 is 0 Å². The second kappa shape index (κ2) is 5.13. The molecule has 2 heteroatoms. The summed E-state index contributed by atoms with van der Waals surface area (Å²) in [6, 6.07) is 0. The molecule has 0 amide bonds. The topological polar surface area (TPSA) is 15.3 Å². The highest BCUT2D eigenvalue weighted by Gasteiger charge is 2.17. The third-order valence-electron chi connectivity index (χ3n) is 2.85. The van der Waals surface area contributed by atoms with Gasteiger partial charge in [-0.3, -0.25) is 0 Å². The summed E-state index contributed by atoms with van der Waals surface area (Å²) in [7, 11) is 0. The zero-order chi connectivity index (χ0) is 10.6. The molecule has 1 unspecified atom stereocenters. The molecule has 1 aliphatic rings. The lowest BCUT2D eigenvalue weighted by atomic mass is 9.92. The lowest BCUT2D eigenvalue weighted by Gasteiger charge is -2.26. The van der Waals surface area contributed by atoms with Gasteiger partial charge in [-0.15, -0.1) is 0 Å². The Kier molecular flexibility index (Phi) is 4.39. The molecule has 1 heterocycles. The monoisotopic (exact) mass is 198 g/mol. The lowest BCUT2D eigenvalue weighted by Crippen LogP contribution is -2.32. The maximum atomic E-state index is 3.48. The van der Waals surface area contributed by atoms with Crippen LogP contribution in [0, 0.1) is 11.3 Å². The zero-order valence-corrected chi connectivity index (χ0v) is 10.3. The maximum absolute atomic E-state index is 3.48. The number of hydrogen-bond donors (Lipinski definition) is 1. The Balaban J connectivity index is 2.28. The minimum absolute atomic E-state index is 0.475. The molecule has 2 nitrogen and oxygen atoms in total. The Hall–Kier alpha value is -0.0800. The van der Waals surface area contributed by atoms with Crippen LogP contribution in [0.15, 0.2) is 0 Å². The van der Waals surface area contributed by atoms with E-state index in [1.54, 1.807) is 0 Å². The Bertz CT molecular complexity index is 160. The molecule has 1 saturated heterocycles. The van der Waals surface area contributed by atoms with E-state index in [-0.39, 0.29) is 0 Å². The van der Waals surface area contributed by atoms with Crippen LogP contribution in [0.2, 0.25) is 0 Å². The third-order valence-corrected chi connectivity index (χ3v) is 2.85. The van der Waals surface area contributed by atoms with E-state index in [1.165, 1.54) is 32.6 Å². The fraction of sp³-hybridized carbons (Fsp3) is 1.00. The van der Waals surface area contributed by atoms with Gasteiger partial charge in [-0.05, 0) is 30.8 Å². The number of nitrogens with zero attached hydrogens (tertiary/aromatic N) is 1. The number of rotatable bonds is 2. The Morgan fingerprint density at radius 2 is 2.07 bits per heavy atom. The first-order chi connectivity index (χ1) is 6.47. The highest BCUT2D eigenvalue weighted by molar-refractivity contribution is 4.73. The molecule has 1 N–H and O–H groups in total. The summed E-state index contributed by atoms with van der Waals surface area (Å²) in [6.07, 6.45) is 1.31. The van der Waals surface area contributed by atoms with Crippen LogP contribution in [0.25, 0.3) is 0 Å². The molecule has 0 aromatic heterocycles. The average Bonchev–Trinajstić information content (AvgIpc) is 2.25. The van der Waals surface area contributed by atoms with E-state index >= 15 is 0 Å². The molecule has 0 saturated carbocycles. The highest BCUT2D eigenvalue weighted by Crippen LogP contribution is 2.19. The maximum Gasteiger partial charge on any atom is 0.0107 e. The lowest BCUT2D eigenvalue weighted by molar-refractivity contribution is 0.222. The van der Waals surface area contributed by atoms with Gasteiger partial charge in [0.25, 0.3) is 0 Å². The van der Waals surface area contributed by atoms with E-state index in [1.807, 2.05) is 0 Å². The molecule has 0 bridgehead atoms. The minimum Gasteiger partial charge on any atom is -0.315 e. The van der Waals surface area contributed by atoms with E-state index < -0.39 is 0 Å². The van der Waals surface area contributed by atoms with Crippen LogP contribution in [0.1, 0.15) is 34.1 Å². The van der Waals surface area contributed by atoms with E-state index in [9.17, 15) is 0 Å². The first-order valence-corrected chi connectivity index (χ1v) is 5.90. The smallest absolute Gasteiger partial charge is 0.0107 e. The normalized spacial score (nSPS) is 26.1. The minimum atomic E-state index is 0.475. The first kappa shape index (κ1) is 12.0. The molecule has 84 valence electrons. The van der Waals surface area contributed by atoms with Crippen molar-refractivity contribution >= 4 is 0 Å². The molecule has 0 radical (unpaired) electrons. The van der Waals surface area contributed by atoms with Crippen molar-refractivity contribution in [1.82, 2.24) is 10.2 Å². The van der Waals surface area contributed by atoms with Crippen LogP contribution in [0.5, 0.6) is 0 Å². The second-order valence-corrected chi connectivity index (χ2v) is 5.92. The fourth-order valence-electron chi connectivity index (χ4n) is 1.88. The van der Waals surface area contributed by atoms with Gasteiger partial charge in [0.1, 0.15) is 0 Å². The predicted octanol–water partition coefficient (Wildman–Crippen LogP) is 1.96. The first-order valence-electron chi connectivity index (χ1n) is 5.90. The van der Waals surface area contributed by atoms with E-state index in [0.717, 1.165) is 12.5 Å². The summed E-state index contributed by atoms with van der Waals surface area (Å²) in [4.78, 5) is 2.61. The molecule has 1 fully saturated rings. The second-order valence-electron chi connectivity index (χ2n) is 5.92. The van der Waals surface area contributed by atoms with Crippen molar-refractivity contribution in [3.63, 3.8) is 0 Å².